The van der Waals surface area contributed by atoms with Gasteiger partial charge in [0, 0.05) is 33.0 Å². The van der Waals surface area contributed by atoms with Crippen LogP contribution in [0, 0.1) is 0 Å². The number of rotatable bonds is 8. The van der Waals surface area contributed by atoms with Crippen LogP contribution in [0.5, 0.6) is 0 Å². The highest BCUT2D eigenvalue weighted by Crippen LogP contribution is 1.97. The average molecular weight is 212 g/mol. The maximum absolute atomic E-state index is 4.98. The Labute approximate surface area is 90.8 Å². The van der Waals surface area contributed by atoms with Crippen molar-refractivity contribution in [2.75, 3.05) is 20.3 Å². The van der Waals surface area contributed by atoms with Gasteiger partial charge >= 0.3 is 0 Å². The highest BCUT2D eigenvalue weighted by Gasteiger charge is 1.99. The minimum Gasteiger partial charge on any atom is -0.385 e. The van der Waals surface area contributed by atoms with Crippen LogP contribution < -0.4 is 5.32 Å². The lowest BCUT2D eigenvalue weighted by Gasteiger charge is -1.99. The predicted molar refractivity (Wildman–Crippen MR) is 58.5 cm³/mol. The molecule has 0 radical (unpaired) electrons. The number of nitrogens with zero attached hydrogens (tertiary/aromatic N) is 3. The number of aromatic nitrogens is 3. The molecule has 5 nitrogen and oxygen atoms in total. The molecule has 15 heavy (non-hydrogen) atoms. The van der Waals surface area contributed by atoms with Gasteiger partial charge in [0.25, 0.3) is 0 Å². The van der Waals surface area contributed by atoms with Crippen molar-refractivity contribution in [3.63, 3.8) is 0 Å². The first-order chi connectivity index (χ1) is 7.36. The van der Waals surface area contributed by atoms with E-state index >= 15 is 0 Å². The highest BCUT2D eigenvalue weighted by atomic mass is 16.5. The molecule has 0 atom stereocenters. The second kappa shape index (κ2) is 7.36. The van der Waals surface area contributed by atoms with E-state index in [4.69, 9.17) is 4.74 Å². The van der Waals surface area contributed by atoms with Crippen molar-refractivity contribution in [1.82, 2.24) is 20.3 Å². The Kier molecular flexibility index (Phi) is 5.96. The molecule has 1 aromatic heterocycles. The average Bonchev–Trinajstić information content (AvgIpc) is 2.69. The molecule has 1 N–H and O–H groups in total. The summed E-state index contributed by atoms with van der Waals surface area (Å²) in [6.45, 7) is 5.58. The summed E-state index contributed by atoms with van der Waals surface area (Å²) in [4.78, 5) is 0. The first-order valence-corrected chi connectivity index (χ1v) is 5.45. The lowest BCUT2D eigenvalue weighted by Crippen LogP contribution is -2.11. The summed E-state index contributed by atoms with van der Waals surface area (Å²) in [5.41, 5.74) is 1.00. The molecule has 1 heterocycles. The fourth-order valence-corrected chi connectivity index (χ4v) is 1.30. The monoisotopic (exact) mass is 212 g/mol. The third-order valence-electron chi connectivity index (χ3n) is 2.13. The van der Waals surface area contributed by atoms with Crippen molar-refractivity contribution in [2.45, 2.75) is 32.9 Å². The van der Waals surface area contributed by atoms with Crippen molar-refractivity contribution >= 4 is 0 Å². The largest absolute Gasteiger partial charge is 0.385 e. The van der Waals surface area contributed by atoms with E-state index in [1.165, 1.54) is 0 Å². The first-order valence-electron chi connectivity index (χ1n) is 5.45. The molecule has 0 fully saturated rings. The van der Waals surface area contributed by atoms with Crippen LogP contribution in [0.1, 0.15) is 25.5 Å². The van der Waals surface area contributed by atoms with Crippen LogP contribution in [-0.2, 0) is 17.8 Å². The molecule has 0 aromatic carbocycles. The van der Waals surface area contributed by atoms with Crippen LogP contribution >= 0.6 is 0 Å². The third-order valence-corrected chi connectivity index (χ3v) is 2.13. The van der Waals surface area contributed by atoms with Crippen molar-refractivity contribution in [3.8, 4) is 0 Å². The van der Waals surface area contributed by atoms with Crippen molar-refractivity contribution in [2.24, 2.45) is 0 Å². The van der Waals surface area contributed by atoms with Crippen LogP contribution in [0.3, 0.4) is 0 Å². The standard InChI is InChI=1S/C10H20N4O/c1-3-11-8-10-9-14(13-12-10)6-4-5-7-15-2/h9,11H,3-8H2,1-2H3. The lowest BCUT2D eigenvalue weighted by atomic mass is 10.3. The molecule has 1 aromatic rings. The normalized spacial score (nSPS) is 10.8. The van der Waals surface area contributed by atoms with Gasteiger partial charge in [-0.25, -0.2) is 0 Å². The summed E-state index contributed by atoms with van der Waals surface area (Å²) < 4.78 is 6.87. The van der Waals surface area contributed by atoms with Crippen LogP contribution in [0.25, 0.3) is 0 Å². The zero-order valence-corrected chi connectivity index (χ0v) is 9.57. The topological polar surface area (TPSA) is 52.0 Å². The maximum atomic E-state index is 4.98. The van der Waals surface area contributed by atoms with Gasteiger partial charge in [0.15, 0.2) is 0 Å². The quantitative estimate of drug-likeness (QED) is 0.648. The summed E-state index contributed by atoms with van der Waals surface area (Å²) >= 11 is 0. The molecule has 5 heteroatoms. The summed E-state index contributed by atoms with van der Waals surface area (Å²) in [6.07, 6.45) is 4.15. The van der Waals surface area contributed by atoms with Gasteiger partial charge in [-0.3, -0.25) is 4.68 Å². The number of unbranched alkanes of at least 4 members (excludes halogenated alkanes) is 1. The molecule has 0 saturated carbocycles. The van der Waals surface area contributed by atoms with Gasteiger partial charge < -0.3 is 10.1 Å². The first kappa shape index (κ1) is 12.1. The second-order valence-corrected chi connectivity index (χ2v) is 3.45. The summed E-state index contributed by atoms with van der Waals surface area (Å²) in [5, 5.41) is 11.3. The lowest BCUT2D eigenvalue weighted by molar-refractivity contribution is 0.191. The third kappa shape index (κ3) is 4.90. The molecular weight excluding hydrogens is 192 g/mol. The molecule has 86 valence electrons. The van der Waals surface area contributed by atoms with Crippen molar-refractivity contribution in [1.29, 1.82) is 0 Å². The minimum atomic E-state index is 0.800. The van der Waals surface area contributed by atoms with Gasteiger partial charge in [0.05, 0.1) is 5.69 Å². The van der Waals surface area contributed by atoms with Gasteiger partial charge in [-0.1, -0.05) is 12.1 Å². The van der Waals surface area contributed by atoms with Gasteiger partial charge in [0.2, 0.25) is 0 Å². The molecule has 0 aliphatic heterocycles. The van der Waals surface area contributed by atoms with Gasteiger partial charge in [0.1, 0.15) is 0 Å². The molecule has 0 aliphatic carbocycles. The van der Waals surface area contributed by atoms with E-state index in [0.717, 1.165) is 44.8 Å². The Morgan fingerprint density at radius 3 is 3.07 bits per heavy atom. The Morgan fingerprint density at radius 1 is 1.47 bits per heavy atom. The molecule has 0 unspecified atom stereocenters. The molecule has 0 amide bonds. The summed E-state index contributed by atoms with van der Waals surface area (Å²) in [6, 6.07) is 0. The van der Waals surface area contributed by atoms with Crippen LogP contribution in [0.4, 0.5) is 0 Å². The Balaban J connectivity index is 2.20. The fourth-order valence-electron chi connectivity index (χ4n) is 1.30. The van der Waals surface area contributed by atoms with Gasteiger partial charge in [-0.2, -0.15) is 0 Å². The van der Waals surface area contributed by atoms with Gasteiger partial charge in [-0.15, -0.1) is 5.10 Å². The highest BCUT2D eigenvalue weighted by molar-refractivity contribution is 4.91. The zero-order chi connectivity index (χ0) is 10.9. The SMILES string of the molecule is CCNCc1cn(CCCCOC)nn1. The predicted octanol–water partition coefficient (Wildman–Crippen LogP) is 0.814. The molecule has 0 aliphatic rings. The molecule has 0 bridgehead atoms. The Morgan fingerprint density at radius 2 is 2.33 bits per heavy atom. The van der Waals surface area contributed by atoms with E-state index in [-0.39, 0.29) is 0 Å². The fraction of sp³-hybridized carbons (Fsp3) is 0.800. The van der Waals surface area contributed by atoms with E-state index in [9.17, 15) is 0 Å². The second-order valence-electron chi connectivity index (χ2n) is 3.45. The Hall–Kier alpha value is -0.940. The number of methoxy groups -OCH3 is 1. The molecule has 1 rings (SSSR count). The van der Waals surface area contributed by atoms with E-state index in [1.54, 1.807) is 7.11 Å². The number of aryl methyl sites for hydroxylation is 1. The van der Waals surface area contributed by atoms with E-state index < -0.39 is 0 Å². The number of nitrogens with one attached hydrogen (secondary N) is 1. The molecule has 0 spiro atoms. The summed E-state index contributed by atoms with van der Waals surface area (Å²) in [5.74, 6) is 0. The van der Waals surface area contributed by atoms with Crippen LogP contribution in [0.15, 0.2) is 6.20 Å². The van der Waals surface area contributed by atoms with Crippen molar-refractivity contribution in [3.05, 3.63) is 11.9 Å². The van der Waals surface area contributed by atoms with Gasteiger partial charge in [-0.05, 0) is 19.4 Å². The van der Waals surface area contributed by atoms with E-state index in [0.29, 0.717) is 0 Å². The number of hydrogen-bond acceptors (Lipinski definition) is 4. The zero-order valence-electron chi connectivity index (χ0n) is 9.57. The van der Waals surface area contributed by atoms with E-state index in [2.05, 4.69) is 22.6 Å². The van der Waals surface area contributed by atoms with Crippen LogP contribution in [-0.4, -0.2) is 35.3 Å². The molecule has 0 saturated heterocycles. The minimum absolute atomic E-state index is 0.800. The van der Waals surface area contributed by atoms with Crippen molar-refractivity contribution < 1.29 is 4.74 Å². The Bertz CT molecular complexity index is 262. The maximum Gasteiger partial charge on any atom is 0.0964 e. The number of hydrogen-bond donors (Lipinski definition) is 1. The number of ether oxygens (including phenoxy) is 1. The summed E-state index contributed by atoms with van der Waals surface area (Å²) in [7, 11) is 1.73. The molecular formula is C10H20N4O. The van der Waals surface area contributed by atoms with E-state index in [1.807, 2.05) is 10.9 Å². The van der Waals surface area contributed by atoms with Crippen LogP contribution in [0.2, 0.25) is 0 Å². The smallest absolute Gasteiger partial charge is 0.0964 e.